The molecule has 1 aliphatic heterocycles. The number of benzene rings is 1. The Labute approximate surface area is 203 Å². The molecule has 4 aromatic rings. The number of methoxy groups -OCH3 is 1. The number of hydrogen-bond donors (Lipinski definition) is 0. The number of pyridine rings is 2. The van der Waals surface area contributed by atoms with Crippen LogP contribution in [-0.2, 0) is 17.9 Å². The fourth-order valence-corrected chi connectivity index (χ4v) is 4.71. The third-order valence-electron chi connectivity index (χ3n) is 6.05. The van der Waals surface area contributed by atoms with Gasteiger partial charge in [-0.2, -0.15) is 0 Å². The average molecular weight is 482 g/mol. The molecule has 0 spiro atoms. The van der Waals surface area contributed by atoms with Crippen LogP contribution in [0, 0.1) is 0 Å². The van der Waals surface area contributed by atoms with Crippen molar-refractivity contribution in [1.82, 2.24) is 19.5 Å². The molecule has 0 unspecified atom stereocenters. The van der Waals surface area contributed by atoms with Gasteiger partial charge in [-0.15, -0.1) is 0 Å². The second kappa shape index (κ2) is 9.67. The Morgan fingerprint density at radius 1 is 0.970 bits per heavy atom. The highest BCUT2D eigenvalue weighted by molar-refractivity contribution is 6.33. The number of piperidine rings is 1. The van der Waals surface area contributed by atoms with Crippen LogP contribution in [0.5, 0.6) is 0 Å². The minimum Gasteiger partial charge on any atom is -0.377 e. The summed E-state index contributed by atoms with van der Waals surface area (Å²) >= 11 is 12.7. The number of aromatic nitrogens is 4. The van der Waals surface area contributed by atoms with Gasteiger partial charge in [-0.05, 0) is 61.2 Å². The van der Waals surface area contributed by atoms with E-state index in [0.29, 0.717) is 23.2 Å². The number of halogens is 2. The van der Waals surface area contributed by atoms with Crippen LogP contribution < -0.4 is 4.90 Å². The number of nitrogens with zero attached hydrogens (tertiary/aromatic N) is 5. The topological polar surface area (TPSA) is 56.1 Å². The van der Waals surface area contributed by atoms with Crippen LogP contribution in [0.15, 0.2) is 48.8 Å². The first-order valence-electron chi connectivity index (χ1n) is 11.1. The zero-order valence-corrected chi connectivity index (χ0v) is 20.0. The van der Waals surface area contributed by atoms with Gasteiger partial charge in [0.1, 0.15) is 23.8 Å². The Balaban J connectivity index is 1.51. The quantitative estimate of drug-likeness (QED) is 0.338. The minimum absolute atomic E-state index is 0.383. The summed E-state index contributed by atoms with van der Waals surface area (Å²) in [5.41, 5.74) is 4.51. The first kappa shape index (κ1) is 22.1. The van der Waals surface area contributed by atoms with Gasteiger partial charge in [-0.3, -0.25) is 4.98 Å². The summed E-state index contributed by atoms with van der Waals surface area (Å²) in [6.07, 6.45) is 7.47. The highest BCUT2D eigenvalue weighted by atomic mass is 35.5. The van der Waals surface area contributed by atoms with Crippen molar-refractivity contribution in [2.75, 3.05) is 25.1 Å². The van der Waals surface area contributed by atoms with Gasteiger partial charge in [-0.1, -0.05) is 23.2 Å². The Morgan fingerprint density at radius 2 is 1.82 bits per heavy atom. The number of anilines is 1. The monoisotopic (exact) mass is 481 g/mol. The van der Waals surface area contributed by atoms with Crippen LogP contribution in [0.3, 0.4) is 0 Å². The predicted molar refractivity (Wildman–Crippen MR) is 133 cm³/mol. The lowest BCUT2D eigenvalue weighted by atomic mass is 10.1. The van der Waals surface area contributed by atoms with Gasteiger partial charge in [0.25, 0.3) is 0 Å². The maximum absolute atomic E-state index is 6.45. The Kier molecular flexibility index (Phi) is 6.49. The van der Waals surface area contributed by atoms with E-state index in [9.17, 15) is 0 Å². The van der Waals surface area contributed by atoms with E-state index in [-0.39, 0.29) is 0 Å². The van der Waals surface area contributed by atoms with Crippen molar-refractivity contribution in [1.29, 1.82) is 0 Å². The summed E-state index contributed by atoms with van der Waals surface area (Å²) in [5, 5.41) is 1.31. The van der Waals surface area contributed by atoms with E-state index in [2.05, 4.69) is 32.7 Å². The largest absolute Gasteiger partial charge is 0.377 e. The molecule has 6 nitrogen and oxygen atoms in total. The van der Waals surface area contributed by atoms with Crippen molar-refractivity contribution in [3.63, 3.8) is 0 Å². The molecule has 1 saturated heterocycles. The van der Waals surface area contributed by atoms with Crippen LogP contribution in [0.4, 0.5) is 5.82 Å². The summed E-state index contributed by atoms with van der Waals surface area (Å²) in [6, 6.07) is 11.7. The van der Waals surface area contributed by atoms with Crippen molar-refractivity contribution >= 4 is 40.1 Å². The molecule has 0 amide bonds. The molecule has 0 saturated carbocycles. The van der Waals surface area contributed by atoms with E-state index in [1.165, 1.54) is 19.3 Å². The van der Waals surface area contributed by atoms with Gasteiger partial charge in [0.05, 0.1) is 24.0 Å². The summed E-state index contributed by atoms with van der Waals surface area (Å²) in [7, 11) is 1.66. The van der Waals surface area contributed by atoms with E-state index < -0.39 is 0 Å². The normalized spacial score (nSPS) is 14.2. The third kappa shape index (κ3) is 4.69. The lowest BCUT2D eigenvalue weighted by Gasteiger charge is -2.27. The molecule has 1 aromatic carbocycles. The fourth-order valence-electron chi connectivity index (χ4n) is 4.33. The molecule has 5 rings (SSSR count). The zero-order chi connectivity index (χ0) is 22.8. The molecule has 1 aliphatic rings. The number of ether oxygens (including phenoxy) is 1. The van der Waals surface area contributed by atoms with E-state index in [0.717, 1.165) is 52.6 Å². The van der Waals surface area contributed by atoms with Gasteiger partial charge in [0, 0.05) is 42.0 Å². The molecular formula is C25H25Cl2N5O. The lowest BCUT2D eigenvalue weighted by molar-refractivity contribution is 0.175. The molecule has 0 N–H and O–H groups in total. The highest BCUT2D eigenvalue weighted by Gasteiger charge is 2.16. The average Bonchev–Trinajstić information content (AvgIpc) is 3.18. The van der Waals surface area contributed by atoms with Crippen LogP contribution in [0.25, 0.3) is 22.3 Å². The maximum atomic E-state index is 6.45. The van der Waals surface area contributed by atoms with Crippen molar-refractivity contribution in [2.24, 2.45) is 0 Å². The fraction of sp³-hybridized carbons (Fsp3) is 0.320. The van der Waals surface area contributed by atoms with Gasteiger partial charge >= 0.3 is 0 Å². The minimum atomic E-state index is 0.383. The molecule has 1 fully saturated rings. The van der Waals surface area contributed by atoms with Crippen molar-refractivity contribution in [3.8, 4) is 11.3 Å². The Bertz CT molecular complexity index is 1270. The maximum Gasteiger partial charge on any atom is 0.136 e. The summed E-state index contributed by atoms with van der Waals surface area (Å²) in [5.74, 6) is 1.84. The molecule has 8 heteroatoms. The SMILES string of the molecule is COCc1nc2cnc(-c3ccc(N4CCCCC4)nc3)cc2n1Cc1cc(Cl)ccc1Cl. The molecule has 33 heavy (non-hydrogen) atoms. The molecular weight excluding hydrogens is 457 g/mol. The first-order valence-corrected chi connectivity index (χ1v) is 11.9. The van der Waals surface area contributed by atoms with Crippen molar-refractivity contribution in [2.45, 2.75) is 32.4 Å². The van der Waals surface area contributed by atoms with Gasteiger partial charge in [-0.25, -0.2) is 9.97 Å². The molecule has 0 aliphatic carbocycles. The first-order chi connectivity index (χ1) is 16.1. The smallest absolute Gasteiger partial charge is 0.136 e. The number of fused-ring (bicyclic) bond motifs is 1. The second-order valence-corrected chi connectivity index (χ2v) is 9.14. The molecule has 0 radical (unpaired) electrons. The van der Waals surface area contributed by atoms with E-state index >= 15 is 0 Å². The molecule has 0 atom stereocenters. The van der Waals surface area contributed by atoms with Crippen LogP contribution in [-0.4, -0.2) is 39.7 Å². The summed E-state index contributed by atoms with van der Waals surface area (Å²) < 4.78 is 7.51. The van der Waals surface area contributed by atoms with E-state index in [4.69, 9.17) is 37.9 Å². The zero-order valence-electron chi connectivity index (χ0n) is 18.5. The van der Waals surface area contributed by atoms with Gasteiger partial charge in [0.15, 0.2) is 0 Å². The predicted octanol–water partition coefficient (Wildman–Crippen LogP) is 5.99. The van der Waals surface area contributed by atoms with Crippen LogP contribution in [0.1, 0.15) is 30.7 Å². The van der Waals surface area contributed by atoms with Crippen LogP contribution in [0.2, 0.25) is 10.0 Å². The van der Waals surface area contributed by atoms with Crippen LogP contribution >= 0.6 is 23.2 Å². The molecule has 4 heterocycles. The number of hydrogen-bond acceptors (Lipinski definition) is 5. The standard InChI is InChI=1S/C25H25Cl2N5O/c1-33-16-25-30-22-14-28-21(17-5-8-24(29-13-17)31-9-3-2-4-10-31)12-23(22)32(25)15-18-11-19(26)6-7-20(18)27/h5-8,11-14H,2-4,9-10,15-16H2,1H3. The van der Waals surface area contributed by atoms with Crippen molar-refractivity contribution < 1.29 is 4.74 Å². The molecule has 3 aromatic heterocycles. The summed E-state index contributed by atoms with van der Waals surface area (Å²) in [6.45, 7) is 3.06. The highest BCUT2D eigenvalue weighted by Crippen LogP contribution is 2.28. The Hall–Kier alpha value is -2.67. The molecule has 0 bridgehead atoms. The lowest BCUT2D eigenvalue weighted by Crippen LogP contribution is -2.29. The molecule has 170 valence electrons. The third-order valence-corrected chi connectivity index (χ3v) is 6.65. The summed E-state index contributed by atoms with van der Waals surface area (Å²) in [4.78, 5) is 16.5. The second-order valence-electron chi connectivity index (χ2n) is 8.29. The Morgan fingerprint density at radius 3 is 2.58 bits per heavy atom. The van der Waals surface area contributed by atoms with E-state index in [1.807, 2.05) is 18.3 Å². The number of imidazole rings is 1. The van der Waals surface area contributed by atoms with Crippen molar-refractivity contribution in [3.05, 3.63) is 70.2 Å². The van der Waals surface area contributed by atoms with E-state index in [1.54, 1.807) is 19.4 Å². The van der Waals surface area contributed by atoms with Gasteiger partial charge < -0.3 is 14.2 Å². The number of rotatable bonds is 6. The van der Waals surface area contributed by atoms with Gasteiger partial charge in [0.2, 0.25) is 0 Å².